The normalized spacial score (nSPS) is 10.6. The smallest absolute Gasteiger partial charge is 0.270 e. The van der Waals surface area contributed by atoms with E-state index in [0.717, 1.165) is 5.69 Å². The highest BCUT2D eigenvalue weighted by molar-refractivity contribution is 5.93. The van der Waals surface area contributed by atoms with E-state index in [4.69, 9.17) is 4.74 Å². The fraction of sp³-hybridized carbons (Fsp3) is 0.333. The number of methoxy groups -OCH3 is 1. The van der Waals surface area contributed by atoms with Gasteiger partial charge in [0.15, 0.2) is 0 Å². The summed E-state index contributed by atoms with van der Waals surface area (Å²) in [5.41, 5.74) is 1.29. The summed E-state index contributed by atoms with van der Waals surface area (Å²) in [6, 6.07) is 11.2. The quantitative estimate of drug-likeness (QED) is 0.909. The maximum absolute atomic E-state index is 12.2. The molecule has 5 heteroatoms. The lowest BCUT2D eigenvalue weighted by atomic mass is 10.2. The summed E-state index contributed by atoms with van der Waals surface area (Å²) in [4.78, 5) is 12.2. The van der Waals surface area contributed by atoms with Gasteiger partial charge in [0.25, 0.3) is 5.91 Å². The number of nitrogens with zero attached hydrogens (tertiary/aromatic N) is 2. The molecule has 2 aromatic rings. The second-order valence-electron chi connectivity index (χ2n) is 4.92. The van der Waals surface area contributed by atoms with Crippen molar-refractivity contribution in [1.82, 2.24) is 15.1 Å². The van der Waals surface area contributed by atoms with Gasteiger partial charge in [-0.05, 0) is 18.1 Å². The van der Waals surface area contributed by atoms with Crippen LogP contribution in [0.2, 0.25) is 0 Å². The Labute approximate surface area is 118 Å². The highest BCUT2D eigenvalue weighted by Crippen LogP contribution is 2.17. The van der Waals surface area contributed by atoms with Gasteiger partial charge in [0, 0.05) is 12.6 Å². The Balaban J connectivity index is 2.32. The summed E-state index contributed by atoms with van der Waals surface area (Å²) >= 11 is 0. The average molecular weight is 273 g/mol. The van der Waals surface area contributed by atoms with Crippen molar-refractivity contribution in [2.24, 2.45) is 5.92 Å². The second-order valence-corrected chi connectivity index (χ2v) is 4.92. The summed E-state index contributed by atoms with van der Waals surface area (Å²) in [5.74, 6) is 0.663. The van der Waals surface area contributed by atoms with Gasteiger partial charge in [-0.3, -0.25) is 4.79 Å². The number of hydrogen-bond acceptors (Lipinski definition) is 3. The zero-order chi connectivity index (χ0) is 14.5. The molecule has 0 aliphatic rings. The molecule has 2 rings (SSSR count). The maximum atomic E-state index is 12.2. The third-order valence-electron chi connectivity index (χ3n) is 2.80. The minimum absolute atomic E-state index is 0.154. The molecule has 0 fully saturated rings. The van der Waals surface area contributed by atoms with E-state index in [2.05, 4.69) is 24.3 Å². The standard InChI is InChI=1S/C15H19N3O2/c1-11(2)10-16-15(19)13-9-14(20-3)17-18(13)12-7-5-4-6-8-12/h4-9,11H,10H2,1-3H3,(H,16,19). The van der Waals surface area contributed by atoms with Crippen LogP contribution in [0.4, 0.5) is 0 Å². The van der Waals surface area contributed by atoms with Gasteiger partial charge in [-0.1, -0.05) is 32.0 Å². The lowest BCUT2D eigenvalue weighted by Crippen LogP contribution is -2.29. The third kappa shape index (κ3) is 3.17. The first-order valence-electron chi connectivity index (χ1n) is 6.59. The Morgan fingerprint density at radius 3 is 2.65 bits per heavy atom. The number of benzene rings is 1. The van der Waals surface area contributed by atoms with Crippen molar-refractivity contribution < 1.29 is 9.53 Å². The van der Waals surface area contributed by atoms with Crippen molar-refractivity contribution in [2.45, 2.75) is 13.8 Å². The fourth-order valence-corrected chi connectivity index (χ4v) is 1.77. The van der Waals surface area contributed by atoms with E-state index in [9.17, 15) is 4.79 Å². The van der Waals surface area contributed by atoms with Crippen LogP contribution < -0.4 is 10.1 Å². The maximum Gasteiger partial charge on any atom is 0.270 e. The molecule has 1 aromatic carbocycles. The molecule has 0 unspecified atom stereocenters. The summed E-state index contributed by atoms with van der Waals surface area (Å²) in [6.07, 6.45) is 0. The van der Waals surface area contributed by atoms with E-state index < -0.39 is 0 Å². The average Bonchev–Trinajstić information content (AvgIpc) is 2.90. The second kappa shape index (κ2) is 6.23. The van der Waals surface area contributed by atoms with Crippen LogP contribution in [0, 0.1) is 5.92 Å². The molecule has 0 bridgehead atoms. The number of ether oxygens (including phenoxy) is 1. The van der Waals surface area contributed by atoms with E-state index in [1.165, 1.54) is 7.11 Å². The summed E-state index contributed by atoms with van der Waals surface area (Å²) in [7, 11) is 1.54. The molecule has 0 aliphatic heterocycles. The first-order valence-corrected chi connectivity index (χ1v) is 6.59. The molecule has 0 aliphatic carbocycles. The van der Waals surface area contributed by atoms with Crippen molar-refractivity contribution in [3.63, 3.8) is 0 Å². The number of carbonyl (C=O) groups is 1. The van der Waals surface area contributed by atoms with Crippen LogP contribution in [0.15, 0.2) is 36.4 Å². The predicted octanol–water partition coefficient (Wildman–Crippen LogP) is 2.27. The summed E-state index contributed by atoms with van der Waals surface area (Å²) in [6.45, 7) is 4.73. The molecule has 0 radical (unpaired) electrons. The van der Waals surface area contributed by atoms with E-state index in [0.29, 0.717) is 24.0 Å². The first kappa shape index (κ1) is 14.1. The molecule has 20 heavy (non-hydrogen) atoms. The molecular weight excluding hydrogens is 254 g/mol. The fourth-order valence-electron chi connectivity index (χ4n) is 1.77. The molecule has 0 atom stereocenters. The van der Waals surface area contributed by atoms with Gasteiger partial charge < -0.3 is 10.1 Å². The molecule has 5 nitrogen and oxygen atoms in total. The van der Waals surface area contributed by atoms with Crippen LogP contribution in [0.3, 0.4) is 0 Å². The number of rotatable bonds is 5. The van der Waals surface area contributed by atoms with Gasteiger partial charge >= 0.3 is 0 Å². The lowest BCUT2D eigenvalue weighted by Gasteiger charge is -2.09. The monoisotopic (exact) mass is 273 g/mol. The van der Waals surface area contributed by atoms with Crippen molar-refractivity contribution in [3.05, 3.63) is 42.1 Å². The first-order chi connectivity index (χ1) is 9.61. The Morgan fingerprint density at radius 2 is 2.05 bits per heavy atom. The molecule has 106 valence electrons. The zero-order valence-corrected chi connectivity index (χ0v) is 12.0. The van der Waals surface area contributed by atoms with E-state index >= 15 is 0 Å². The number of carbonyl (C=O) groups excluding carboxylic acids is 1. The van der Waals surface area contributed by atoms with Crippen molar-refractivity contribution in [2.75, 3.05) is 13.7 Å². The highest BCUT2D eigenvalue weighted by atomic mass is 16.5. The molecule has 0 saturated heterocycles. The molecule has 0 saturated carbocycles. The zero-order valence-electron chi connectivity index (χ0n) is 12.0. The molecule has 1 heterocycles. The minimum Gasteiger partial charge on any atom is -0.480 e. The van der Waals surface area contributed by atoms with Gasteiger partial charge in [-0.25, -0.2) is 4.68 Å². The Bertz CT molecular complexity index is 576. The SMILES string of the molecule is COc1cc(C(=O)NCC(C)C)n(-c2ccccc2)n1. The number of hydrogen-bond donors (Lipinski definition) is 1. The van der Waals surface area contributed by atoms with Crippen LogP contribution in [0.5, 0.6) is 5.88 Å². The third-order valence-corrected chi connectivity index (χ3v) is 2.80. The van der Waals surface area contributed by atoms with E-state index in [1.807, 2.05) is 30.3 Å². The Kier molecular flexibility index (Phi) is 4.40. The van der Waals surface area contributed by atoms with E-state index in [1.54, 1.807) is 10.7 Å². The van der Waals surface area contributed by atoms with Crippen molar-refractivity contribution >= 4 is 5.91 Å². The molecular formula is C15H19N3O2. The summed E-state index contributed by atoms with van der Waals surface area (Å²) in [5, 5.41) is 7.17. The van der Waals surface area contributed by atoms with Crippen LogP contribution in [-0.2, 0) is 0 Å². The Hall–Kier alpha value is -2.30. The number of amides is 1. The number of aromatic nitrogens is 2. The Morgan fingerprint density at radius 1 is 1.35 bits per heavy atom. The number of nitrogens with one attached hydrogen (secondary N) is 1. The van der Waals surface area contributed by atoms with Crippen LogP contribution in [-0.4, -0.2) is 29.3 Å². The van der Waals surface area contributed by atoms with Crippen molar-refractivity contribution in [1.29, 1.82) is 0 Å². The van der Waals surface area contributed by atoms with Crippen LogP contribution >= 0.6 is 0 Å². The lowest BCUT2D eigenvalue weighted by molar-refractivity contribution is 0.0941. The largest absolute Gasteiger partial charge is 0.480 e. The molecule has 1 amide bonds. The van der Waals surface area contributed by atoms with Gasteiger partial charge in [0.2, 0.25) is 5.88 Å². The number of para-hydroxylation sites is 1. The van der Waals surface area contributed by atoms with Gasteiger partial charge in [-0.2, -0.15) is 0 Å². The predicted molar refractivity (Wildman–Crippen MR) is 77.3 cm³/mol. The van der Waals surface area contributed by atoms with Crippen LogP contribution in [0.1, 0.15) is 24.3 Å². The van der Waals surface area contributed by atoms with Crippen LogP contribution in [0.25, 0.3) is 5.69 Å². The topological polar surface area (TPSA) is 56.1 Å². The van der Waals surface area contributed by atoms with Gasteiger partial charge in [-0.15, -0.1) is 5.10 Å². The molecule has 1 aromatic heterocycles. The van der Waals surface area contributed by atoms with Gasteiger partial charge in [0.05, 0.1) is 12.8 Å². The summed E-state index contributed by atoms with van der Waals surface area (Å²) < 4.78 is 6.71. The van der Waals surface area contributed by atoms with Crippen molar-refractivity contribution in [3.8, 4) is 11.6 Å². The minimum atomic E-state index is -0.154. The molecule has 0 spiro atoms. The van der Waals surface area contributed by atoms with Gasteiger partial charge in [0.1, 0.15) is 5.69 Å². The highest BCUT2D eigenvalue weighted by Gasteiger charge is 2.17. The van der Waals surface area contributed by atoms with E-state index in [-0.39, 0.29) is 5.91 Å². The molecule has 1 N–H and O–H groups in total.